The molecule has 0 saturated carbocycles. The fourth-order valence-electron chi connectivity index (χ4n) is 3.15. The van der Waals surface area contributed by atoms with Crippen molar-refractivity contribution in [1.29, 1.82) is 0 Å². The molecule has 1 heterocycles. The summed E-state index contributed by atoms with van der Waals surface area (Å²) in [4.78, 5) is 38.1. The van der Waals surface area contributed by atoms with Crippen LogP contribution in [-0.4, -0.2) is 35.1 Å². The molecule has 0 spiro atoms. The van der Waals surface area contributed by atoms with Crippen molar-refractivity contribution in [3.05, 3.63) is 65.9 Å². The van der Waals surface area contributed by atoms with E-state index in [2.05, 4.69) is 5.32 Å². The van der Waals surface area contributed by atoms with Crippen LogP contribution in [0.4, 0.5) is 11.4 Å². The Bertz CT molecular complexity index is 1000. The Balaban J connectivity index is 1.99. The molecule has 1 aliphatic heterocycles. The Morgan fingerprint density at radius 3 is 2.48 bits per heavy atom. The number of esters is 1. The molecule has 0 fully saturated rings. The first-order chi connectivity index (χ1) is 13.8. The molecule has 0 aromatic heterocycles. The van der Waals surface area contributed by atoms with Crippen molar-refractivity contribution in [1.82, 2.24) is 0 Å². The van der Waals surface area contributed by atoms with Crippen LogP contribution in [0.2, 0.25) is 0 Å². The van der Waals surface area contributed by atoms with Crippen LogP contribution in [0.25, 0.3) is 0 Å². The van der Waals surface area contributed by atoms with Crippen LogP contribution in [0.15, 0.2) is 60.3 Å². The number of aromatic carboxylic acids is 1. The van der Waals surface area contributed by atoms with Gasteiger partial charge in [-0.15, -0.1) is 0 Å². The Hall–Kier alpha value is -3.81. The van der Waals surface area contributed by atoms with Gasteiger partial charge in [0.1, 0.15) is 5.70 Å². The molecule has 3 rings (SSSR count). The minimum Gasteiger partial charge on any atom is -0.872 e. The number of rotatable bonds is 6. The SMILES string of the molecule is CCOC(=O)[C@@]1(C)C=C(Nc2ccc(C(=O)O)c([O-])c2)C(=O)N1c1ccccc1. The van der Waals surface area contributed by atoms with Crippen molar-refractivity contribution in [2.24, 2.45) is 0 Å². The summed E-state index contributed by atoms with van der Waals surface area (Å²) in [5.74, 6) is -3.11. The molecule has 1 atom stereocenters. The van der Waals surface area contributed by atoms with E-state index in [0.717, 1.165) is 12.1 Å². The molecule has 29 heavy (non-hydrogen) atoms. The molecule has 0 saturated heterocycles. The number of ether oxygens (including phenoxy) is 1. The summed E-state index contributed by atoms with van der Waals surface area (Å²) in [7, 11) is 0. The van der Waals surface area contributed by atoms with E-state index in [0.29, 0.717) is 5.69 Å². The Kier molecular flexibility index (Phi) is 5.27. The number of carboxylic acid groups (broad SMARTS) is 1. The van der Waals surface area contributed by atoms with Gasteiger partial charge in [0.05, 0.1) is 12.2 Å². The lowest BCUT2D eigenvalue weighted by Crippen LogP contribution is -2.51. The number of nitrogens with zero attached hydrogens (tertiary/aromatic N) is 1. The minimum atomic E-state index is -1.39. The van der Waals surface area contributed by atoms with Gasteiger partial charge < -0.3 is 20.3 Å². The molecule has 0 radical (unpaired) electrons. The summed E-state index contributed by atoms with van der Waals surface area (Å²) in [6, 6.07) is 12.3. The van der Waals surface area contributed by atoms with Crippen LogP contribution >= 0.6 is 0 Å². The molecule has 0 aliphatic carbocycles. The van der Waals surface area contributed by atoms with Crippen LogP contribution < -0.4 is 15.3 Å². The number of nitrogens with one attached hydrogen (secondary N) is 1. The number of carboxylic acids is 1. The zero-order valence-electron chi connectivity index (χ0n) is 15.8. The van der Waals surface area contributed by atoms with Gasteiger partial charge in [-0.25, -0.2) is 9.59 Å². The van der Waals surface area contributed by atoms with Crippen molar-refractivity contribution in [3.8, 4) is 5.75 Å². The summed E-state index contributed by atoms with van der Waals surface area (Å²) in [6.45, 7) is 3.39. The quantitative estimate of drug-likeness (QED) is 0.719. The zero-order chi connectivity index (χ0) is 21.2. The summed E-state index contributed by atoms with van der Waals surface area (Å²) in [5, 5.41) is 23.7. The summed E-state index contributed by atoms with van der Waals surface area (Å²) < 4.78 is 5.17. The maximum Gasteiger partial charge on any atom is 0.336 e. The third-order valence-corrected chi connectivity index (χ3v) is 4.52. The number of benzene rings is 2. The first-order valence-corrected chi connectivity index (χ1v) is 8.89. The van der Waals surface area contributed by atoms with E-state index in [1.165, 1.54) is 17.0 Å². The number of anilines is 2. The van der Waals surface area contributed by atoms with Crippen molar-refractivity contribution in [2.75, 3.05) is 16.8 Å². The van der Waals surface area contributed by atoms with Crippen LogP contribution in [0.3, 0.4) is 0 Å². The third kappa shape index (κ3) is 3.64. The van der Waals surface area contributed by atoms with Gasteiger partial charge in [0, 0.05) is 11.4 Å². The summed E-state index contributed by atoms with van der Waals surface area (Å²) in [5.41, 5.74) is -0.943. The molecule has 2 N–H and O–H groups in total. The Labute approximate surface area is 167 Å². The van der Waals surface area contributed by atoms with E-state index in [9.17, 15) is 19.5 Å². The molecule has 0 unspecified atom stereocenters. The lowest BCUT2D eigenvalue weighted by atomic mass is 10.0. The highest BCUT2D eigenvalue weighted by Gasteiger charge is 2.49. The number of carbonyl (C=O) groups excluding carboxylic acids is 2. The molecule has 8 nitrogen and oxygen atoms in total. The van der Waals surface area contributed by atoms with Crippen molar-refractivity contribution < 1.29 is 29.3 Å². The number of para-hydroxylation sites is 1. The number of carbonyl (C=O) groups is 3. The fraction of sp³-hybridized carbons (Fsp3) is 0.190. The second-order valence-corrected chi connectivity index (χ2v) is 6.54. The largest absolute Gasteiger partial charge is 0.872 e. The van der Waals surface area contributed by atoms with Crippen LogP contribution in [0, 0.1) is 0 Å². The lowest BCUT2D eigenvalue weighted by molar-refractivity contribution is -0.268. The molecule has 1 aliphatic rings. The summed E-state index contributed by atoms with van der Waals surface area (Å²) in [6.07, 6.45) is 1.44. The van der Waals surface area contributed by atoms with Gasteiger partial charge in [-0.2, -0.15) is 0 Å². The standard InChI is InChI=1S/C21H20N2O6/c1-3-29-20(28)21(2)12-16(18(25)23(21)14-7-5-4-6-8-14)22-13-9-10-15(19(26)27)17(24)11-13/h4-12,22,24H,3H2,1-2H3,(H,26,27)/p-1/t21-/m1/s1. The first-order valence-electron chi connectivity index (χ1n) is 8.89. The van der Waals surface area contributed by atoms with Crippen LogP contribution in [0.5, 0.6) is 5.75 Å². The van der Waals surface area contributed by atoms with Gasteiger partial charge in [0.15, 0.2) is 5.54 Å². The minimum absolute atomic E-state index is 0.0758. The van der Waals surface area contributed by atoms with Gasteiger partial charge in [0.25, 0.3) is 5.91 Å². The average molecular weight is 395 g/mol. The van der Waals surface area contributed by atoms with E-state index in [4.69, 9.17) is 9.84 Å². The number of hydrogen-bond acceptors (Lipinski definition) is 6. The maximum absolute atomic E-state index is 13.1. The normalized spacial score (nSPS) is 18.3. The highest BCUT2D eigenvalue weighted by Crippen LogP contribution is 2.35. The fourth-order valence-corrected chi connectivity index (χ4v) is 3.15. The van der Waals surface area contributed by atoms with E-state index in [1.807, 2.05) is 0 Å². The van der Waals surface area contributed by atoms with Gasteiger partial charge >= 0.3 is 11.9 Å². The molecule has 8 heteroatoms. The molecular formula is C21H19N2O6-. The molecule has 1 amide bonds. The number of hydrogen-bond donors (Lipinski definition) is 2. The van der Waals surface area contributed by atoms with Crippen LogP contribution in [0.1, 0.15) is 24.2 Å². The molecule has 2 aromatic rings. The lowest BCUT2D eigenvalue weighted by Gasteiger charge is -2.32. The highest BCUT2D eigenvalue weighted by atomic mass is 16.5. The van der Waals surface area contributed by atoms with Crippen molar-refractivity contribution in [2.45, 2.75) is 19.4 Å². The van der Waals surface area contributed by atoms with Crippen molar-refractivity contribution >= 4 is 29.2 Å². The number of amides is 1. The molecule has 150 valence electrons. The maximum atomic E-state index is 13.1. The van der Waals surface area contributed by atoms with E-state index in [1.54, 1.807) is 44.2 Å². The smallest absolute Gasteiger partial charge is 0.336 e. The second-order valence-electron chi connectivity index (χ2n) is 6.54. The topological polar surface area (TPSA) is 119 Å². The van der Waals surface area contributed by atoms with Gasteiger partial charge in [-0.05, 0) is 50.3 Å². The molecule has 2 aromatic carbocycles. The predicted octanol–water partition coefficient (Wildman–Crippen LogP) is 2.12. The van der Waals surface area contributed by atoms with E-state index in [-0.39, 0.29) is 23.6 Å². The average Bonchev–Trinajstić information content (AvgIpc) is 2.93. The Morgan fingerprint density at radius 1 is 1.21 bits per heavy atom. The molecular weight excluding hydrogens is 376 g/mol. The first kappa shape index (κ1) is 19.9. The van der Waals surface area contributed by atoms with Crippen LogP contribution in [-0.2, 0) is 14.3 Å². The Morgan fingerprint density at radius 2 is 1.90 bits per heavy atom. The van der Waals surface area contributed by atoms with Gasteiger partial charge in [-0.3, -0.25) is 9.69 Å². The van der Waals surface area contributed by atoms with Gasteiger partial charge in [0.2, 0.25) is 0 Å². The van der Waals surface area contributed by atoms with Gasteiger partial charge in [-0.1, -0.05) is 23.9 Å². The second kappa shape index (κ2) is 7.67. The monoisotopic (exact) mass is 395 g/mol. The van der Waals surface area contributed by atoms with E-state index >= 15 is 0 Å². The summed E-state index contributed by atoms with van der Waals surface area (Å²) >= 11 is 0. The zero-order valence-corrected chi connectivity index (χ0v) is 15.8. The highest BCUT2D eigenvalue weighted by molar-refractivity contribution is 6.16. The predicted molar refractivity (Wildman–Crippen MR) is 104 cm³/mol. The van der Waals surface area contributed by atoms with Crippen molar-refractivity contribution in [3.63, 3.8) is 0 Å². The van der Waals surface area contributed by atoms with E-state index < -0.39 is 29.1 Å². The third-order valence-electron chi connectivity index (χ3n) is 4.52. The molecule has 0 bridgehead atoms.